The van der Waals surface area contributed by atoms with Crippen LogP contribution in [-0.4, -0.2) is 27.7 Å². The zero-order valence-electron chi connectivity index (χ0n) is 17.3. The quantitative estimate of drug-likeness (QED) is 0.390. The number of hydrogen-bond donors (Lipinski definition) is 1. The van der Waals surface area contributed by atoms with E-state index in [1.165, 1.54) is 0 Å². The molecule has 1 aliphatic carbocycles. The van der Waals surface area contributed by atoms with Crippen LogP contribution in [-0.2, 0) is 9.59 Å². The second-order valence-corrected chi connectivity index (χ2v) is 8.79. The Morgan fingerprint density at radius 1 is 0.967 bits per heavy atom. The molecule has 1 N–H and O–H groups in total. The average molecular weight is 424 g/mol. The molecule has 1 aliphatic heterocycles. The maximum Gasteiger partial charge on any atom is 0.295 e. The first-order valence-electron chi connectivity index (χ1n) is 10.5. The highest BCUT2D eigenvalue weighted by Crippen LogP contribution is 2.43. The van der Waals surface area contributed by atoms with Gasteiger partial charge in [0.25, 0.3) is 11.7 Å². The van der Waals surface area contributed by atoms with E-state index in [1.54, 1.807) is 23.1 Å². The predicted octanol–water partition coefficient (Wildman–Crippen LogP) is 5.71. The van der Waals surface area contributed by atoms with Crippen LogP contribution in [0.15, 0.2) is 48.0 Å². The van der Waals surface area contributed by atoms with Crippen LogP contribution in [0, 0.1) is 13.8 Å². The van der Waals surface area contributed by atoms with E-state index in [9.17, 15) is 14.7 Å². The summed E-state index contributed by atoms with van der Waals surface area (Å²) in [6.07, 6.45) is 4.98. The number of Topliss-reactive ketones (excluding diaryl/α,β-unsaturated/α-hetero) is 1. The molecule has 4 nitrogen and oxygen atoms in total. The minimum absolute atomic E-state index is 0.000863. The van der Waals surface area contributed by atoms with Gasteiger partial charge in [0, 0.05) is 16.6 Å². The van der Waals surface area contributed by atoms with Gasteiger partial charge >= 0.3 is 0 Å². The van der Waals surface area contributed by atoms with Crippen LogP contribution in [0.3, 0.4) is 0 Å². The monoisotopic (exact) mass is 423 g/mol. The van der Waals surface area contributed by atoms with Crippen LogP contribution in [0.25, 0.3) is 5.76 Å². The first-order valence-corrected chi connectivity index (χ1v) is 10.9. The Hall–Kier alpha value is -2.59. The molecule has 1 heterocycles. The molecule has 1 saturated carbocycles. The van der Waals surface area contributed by atoms with Crippen LogP contribution >= 0.6 is 11.6 Å². The van der Waals surface area contributed by atoms with Crippen molar-refractivity contribution in [2.24, 2.45) is 0 Å². The van der Waals surface area contributed by atoms with Gasteiger partial charge in [0.1, 0.15) is 5.76 Å². The van der Waals surface area contributed by atoms with Crippen molar-refractivity contribution in [3.05, 3.63) is 75.3 Å². The van der Waals surface area contributed by atoms with E-state index in [2.05, 4.69) is 0 Å². The number of carbonyl (C=O) groups is 2. The van der Waals surface area contributed by atoms with Crippen LogP contribution < -0.4 is 0 Å². The van der Waals surface area contributed by atoms with Gasteiger partial charge in [-0.2, -0.15) is 0 Å². The van der Waals surface area contributed by atoms with Gasteiger partial charge in [-0.05, 0) is 61.6 Å². The lowest BCUT2D eigenvalue weighted by atomic mass is 9.90. The van der Waals surface area contributed by atoms with Crippen molar-refractivity contribution in [1.82, 2.24) is 4.90 Å². The SMILES string of the molecule is Cc1ccc(/C(O)=C2/C(=O)C(=O)N(C3CCCCC3)C2c2ccc(Cl)cc2)cc1C. The Labute approximate surface area is 182 Å². The number of carbonyl (C=O) groups excluding carboxylic acids is 2. The molecule has 0 aromatic heterocycles. The van der Waals surface area contributed by atoms with Gasteiger partial charge in [0.15, 0.2) is 0 Å². The fourth-order valence-electron chi connectivity index (χ4n) is 4.60. The molecule has 2 aromatic carbocycles. The molecule has 1 unspecified atom stereocenters. The highest BCUT2D eigenvalue weighted by Gasteiger charge is 2.48. The van der Waals surface area contributed by atoms with Crippen LogP contribution in [0.1, 0.15) is 60.4 Å². The maximum atomic E-state index is 13.1. The van der Waals surface area contributed by atoms with Gasteiger partial charge in [-0.1, -0.05) is 55.1 Å². The zero-order valence-corrected chi connectivity index (χ0v) is 18.1. The zero-order chi connectivity index (χ0) is 21.4. The lowest BCUT2D eigenvalue weighted by molar-refractivity contribution is -0.141. The summed E-state index contributed by atoms with van der Waals surface area (Å²) in [6.45, 7) is 3.96. The van der Waals surface area contributed by atoms with Gasteiger partial charge in [0.2, 0.25) is 0 Å². The molecule has 2 aliphatic rings. The topological polar surface area (TPSA) is 57.6 Å². The summed E-state index contributed by atoms with van der Waals surface area (Å²) in [4.78, 5) is 28.0. The van der Waals surface area contributed by atoms with Gasteiger partial charge < -0.3 is 10.0 Å². The number of aliphatic hydroxyl groups excluding tert-OH is 1. The van der Waals surface area contributed by atoms with Gasteiger partial charge in [-0.15, -0.1) is 0 Å². The third kappa shape index (κ3) is 3.65. The van der Waals surface area contributed by atoms with Crippen molar-refractivity contribution in [3.8, 4) is 0 Å². The third-order valence-corrected chi connectivity index (χ3v) is 6.67. The Bertz CT molecular complexity index is 1020. The Morgan fingerprint density at radius 3 is 2.27 bits per heavy atom. The highest BCUT2D eigenvalue weighted by atomic mass is 35.5. The Morgan fingerprint density at radius 2 is 1.63 bits per heavy atom. The fraction of sp³-hybridized carbons (Fsp3) is 0.360. The largest absolute Gasteiger partial charge is 0.507 e. The minimum atomic E-state index is -0.615. The standard InChI is InChI=1S/C25H26ClNO3/c1-15-8-9-18(14-16(15)2)23(28)21-22(17-10-12-19(26)13-11-17)27(25(30)24(21)29)20-6-4-3-5-7-20/h8-14,20,22,28H,3-7H2,1-2H3/b23-21-. The number of hydrogen-bond acceptors (Lipinski definition) is 3. The molecular weight excluding hydrogens is 398 g/mol. The van der Waals surface area contributed by atoms with E-state index < -0.39 is 17.7 Å². The van der Waals surface area contributed by atoms with Crippen molar-refractivity contribution in [1.29, 1.82) is 0 Å². The van der Waals surface area contributed by atoms with Gasteiger partial charge in [-0.25, -0.2) is 0 Å². The molecular formula is C25H26ClNO3. The summed E-state index contributed by atoms with van der Waals surface area (Å²) in [5.74, 6) is -1.25. The van der Waals surface area contributed by atoms with Crippen LogP contribution in [0.5, 0.6) is 0 Å². The van der Waals surface area contributed by atoms with E-state index in [1.807, 2.05) is 38.1 Å². The average Bonchev–Trinajstić information content (AvgIpc) is 3.01. The Kier molecular flexibility index (Phi) is 5.70. The van der Waals surface area contributed by atoms with E-state index in [4.69, 9.17) is 11.6 Å². The van der Waals surface area contributed by atoms with E-state index >= 15 is 0 Å². The summed E-state index contributed by atoms with van der Waals surface area (Å²) in [5.41, 5.74) is 3.62. The first-order chi connectivity index (χ1) is 14.4. The normalized spacial score (nSPS) is 22.0. The van der Waals surface area contributed by atoms with Crippen molar-refractivity contribution < 1.29 is 14.7 Å². The summed E-state index contributed by atoms with van der Waals surface area (Å²) in [7, 11) is 0. The minimum Gasteiger partial charge on any atom is -0.507 e. The van der Waals surface area contributed by atoms with Gasteiger partial charge in [0.05, 0.1) is 11.6 Å². The molecule has 0 spiro atoms. The molecule has 1 saturated heterocycles. The highest BCUT2D eigenvalue weighted by molar-refractivity contribution is 6.46. The van der Waals surface area contributed by atoms with E-state index in [0.717, 1.165) is 48.8 Å². The van der Waals surface area contributed by atoms with Crippen molar-refractivity contribution in [2.45, 2.75) is 58.0 Å². The van der Waals surface area contributed by atoms with Crippen molar-refractivity contribution in [3.63, 3.8) is 0 Å². The number of amides is 1. The molecule has 30 heavy (non-hydrogen) atoms. The third-order valence-electron chi connectivity index (χ3n) is 6.41. The first kappa shape index (κ1) is 20.7. The number of ketones is 1. The summed E-state index contributed by atoms with van der Waals surface area (Å²) < 4.78 is 0. The molecule has 1 amide bonds. The van der Waals surface area contributed by atoms with Crippen LogP contribution in [0.2, 0.25) is 5.02 Å². The number of halogens is 1. The molecule has 4 rings (SSSR count). The molecule has 1 atom stereocenters. The molecule has 156 valence electrons. The lowest BCUT2D eigenvalue weighted by Crippen LogP contribution is -2.40. The summed E-state index contributed by atoms with van der Waals surface area (Å²) >= 11 is 6.08. The summed E-state index contributed by atoms with van der Waals surface area (Å²) in [6, 6.07) is 12.2. The predicted molar refractivity (Wildman–Crippen MR) is 118 cm³/mol. The smallest absolute Gasteiger partial charge is 0.295 e. The molecule has 5 heteroatoms. The number of likely N-dealkylation sites (tertiary alicyclic amines) is 1. The molecule has 0 bridgehead atoms. The van der Waals surface area contributed by atoms with Crippen molar-refractivity contribution in [2.75, 3.05) is 0 Å². The molecule has 2 aromatic rings. The number of rotatable bonds is 3. The second-order valence-electron chi connectivity index (χ2n) is 8.35. The Balaban J connectivity index is 1.88. The summed E-state index contributed by atoms with van der Waals surface area (Å²) in [5, 5.41) is 11.8. The molecule has 0 radical (unpaired) electrons. The van der Waals surface area contributed by atoms with Gasteiger partial charge in [-0.3, -0.25) is 9.59 Å². The second kappa shape index (κ2) is 8.27. The number of benzene rings is 2. The molecule has 2 fully saturated rings. The maximum absolute atomic E-state index is 13.1. The van der Waals surface area contributed by atoms with E-state index in [0.29, 0.717) is 10.6 Å². The lowest BCUT2D eigenvalue weighted by Gasteiger charge is -2.35. The fourth-order valence-corrected chi connectivity index (χ4v) is 4.73. The van der Waals surface area contributed by atoms with Crippen molar-refractivity contribution >= 4 is 29.1 Å². The van der Waals surface area contributed by atoms with E-state index in [-0.39, 0.29) is 17.4 Å². The number of aryl methyl sites for hydroxylation is 2. The van der Waals surface area contributed by atoms with Crippen LogP contribution in [0.4, 0.5) is 0 Å². The number of aliphatic hydroxyl groups is 1. The number of nitrogens with zero attached hydrogens (tertiary/aromatic N) is 1.